The van der Waals surface area contributed by atoms with Crippen molar-refractivity contribution >= 4 is 40.0 Å². The molecule has 0 aromatic carbocycles. The lowest BCUT2D eigenvalue weighted by atomic mass is 9.98. The molecule has 26 heavy (non-hydrogen) atoms. The molecule has 1 fully saturated rings. The van der Waals surface area contributed by atoms with E-state index in [4.69, 9.17) is 0 Å². The lowest BCUT2D eigenvalue weighted by molar-refractivity contribution is -0.0496. The van der Waals surface area contributed by atoms with Crippen LogP contribution in [0.1, 0.15) is 25.7 Å². The minimum absolute atomic E-state index is 0. The third kappa shape index (κ3) is 7.22. The molecule has 0 saturated carbocycles. The maximum absolute atomic E-state index is 12.6. The standard InChI is InChI=1S/C15H27F3N4O2S.HI/c1-4-5-6-9-21(3)14(19-2)20-12-13-7-10-22(11-8-13)25(23,24)15(16,17)18;/h4,13H,1,5-12H2,2-3H3,(H,19,20);1H. The van der Waals surface area contributed by atoms with Crippen LogP contribution >= 0.6 is 24.0 Å². The minimum Gasteiger partial charge on any atom is -0.356 e. The Morgan fingerprint density at radius 3 is 2.42 bits per heavy atom. The maximum Gasteiger partial charge on any atom is 0.511 e. The van der Waals surface area contributed by atoms with E-state index in [2.05, 4.69) is 16.9 Å². The summed E-state index contributed by atoms with van der Waals surface area (Å²) in [7, 11) is -1.63. The van der Waals surface area contributed by atoms with Crippen LogP contribution in [-0.4, -0.2) is 69.4 Å². The summed E-state index contributed by atoms with van der Waals surface area (Å²) in [5, 5.41) is 3.21. The Morgan fingerprint density at radius 2 is 1.96 bits per heavy atom. The fourth-order valence-electron chi connectivity index (χ4n) is 2.70. The van der Waals surface area contributed by atoms with Crippen LogP contribution in [0, 0.1) is 5.92 Å². The Kier molecular flexibility index (Phi) is 11.1. The molecular formula is C15H28F3IN4O2S. The van der Waals surface area contributed by atoms with E-state index in [0.717, 1.165) is 25.3 Å². The topological polar surface area (TPSA) is 65.0 Å². The number of rotatable bonds is 7. The second kappa shape index (κ2) is 11.3. The molecule has 1 saturated heterocycles. The van der Waals surface area contributed by atoms with Crippen LogP contribution in [0.4, 0.5) is 13.2 Å². The highest BCUT2D eigenvalue weighted by Crippen LogP contribution is 2.30. The predicted molar refractivity (Wildman–Crippen MR) is 108 cm³/mol. The van der Waals surface area contributed by atoms with Crippen molar-refractivity contribution in [2.24, 2.45) is 10.9 Å². The number of guanidine groups is 1. The van der Waals surface area contributed by atoms with Gasteiger partial charge < -0.3 is 10.2 Å². The number of aliphatic imine (C=N–C) groups is 1. The Hall–Kier alpha value is -0.560. The highest BCUT2D eigenvalue weighted by Gasteiger charge is 2.50. The zero-order valence-electron chi connectivity index (χ0n) is 15.1. The lowest BCUT2D eigenvalue weighted by Gasteiger charge is -2.32. The van der Waals surface area contributed by atoms with Crippen molar-refractivity contribution in [2.75, 3.05) is 40.3 Å². The highest BCUT2D eigenvalue weighted by atomic mass is 127. The number of sulfonamides is 1. The van der Waals surface area contributed by atoms with Gasteiger partial charge >= 0.3 is 15.5 Å². The number of allylic oxidation sites excluding steroid dienone is 1. The van der Waals surface area contributed by atoms with Crippen LogP contribution < -0.4 is 5.32 Å². The van der Waals surface area contributed by atoms with Crippen LogP contribution in [0.2, 0.25) is 0 Å². The van der Waals surface area contributed by atoms with E-state index in [1.807, 2.05) is 18.0 Å². The average molecular weight is 512 g/mol. The van der Waals surface area contributed by atoms with E-state index >= 15 is 0 Å². The number of nitrogens with one attached hydrogen (secondary N) is 1. The maximum atomic E-state index is 12.6. The number of hydrogen-bond acceptors (Lipinski definition) is 3. The molecule has 1 heterocycles. The first-order valence-electron chi connectivity index (χ1n) is 8.22. The first kappa shape index (κ1) is 25.4. The summed E-state index contributed by atoms with van der Waals surface area (Å²) in [4.78, 5) is 6.17. The van der Waals surface area contributed by atoms with Gasteiger partial charge in [0, 0.05) is 40.3 Å². The first-order chi connectivity index (χ1) is 11.6. The summed E-state index contributed by atoms with van der Waals surface area (Å²) in [6.07, 6.45) is 4.49. The molecule has 1 aliphatic rings. The molecule has 0 bridgehead atoms. The molecule has 154 valence electrons. The van der Waals surface area contributed by atoms with E-state index in [1.54, 1.807) is 7.05 Å². The van der Waals surface area contributed by atoms with E-state index in [1.165, 1.54) is 0 Å². The molecule has 1 rings (SSSR count). The smallest absolute Gasteiger partial charge is 0.356 e. The lowest BCUT2D eigenvalue weighted by Crippen LogP contribution is -2.47. The zero-order chi connectivity index (χ0) is 19.1. The van der Waals surface area contributed by atoms with Crippen LogP contribution in [0.3, 0.4) is 0 Å². The minimum atomic E-state index is -5.23. The number of alkyl halides is 3. The molecule has 0 spiro atoms. The fourth-order valence-corrected chi connectivity index (χ4v) is 3.68. The summed E-state index contributed by atoms with van der Waals surface area (Å²) in [6, 6.07) is 0. The van der Waals surface area contributed by atoms with Crippen molar-refractivity contribution in [1.82, 2.24) is 14.5 Å². The molecule has 0 aromatic heterocycles. The van der Waals surface area contributed by atoms with Gasteiger partial charge in [-0.3, -0.25) is 4.99 Å². The molecule has 1 aliphatic heterocycles. The predicted octanol–water partition coefficient (Wildman–Crippen LogP) is 2.64. The van der Waals surface area contributed by atoms with Gasteiger partial charge in [0.15, 0.2) is 5.96 Å². The number of halogens is 4. The molecule has 0 unspecified atom stereocenters. The number of hydrogen-bond donors (Lipinski definition) is 1. The van der Waals surface area contributed by atoms with Crippen LogP contribution in [-0.2, 0) is 10.0 Å². The van der Waals surface area contributed by atoms with Gasteiger partial charge in [0.1, 0.15) is 0 Å². The monoisotopic (exact) mass is 512 g/mol. The van der Waals surface area contributed by atoms with E-state index in [-0.39, 0.29) is 43.0 Å². The quantitative estimate of drug-likeness (QED) is 0.187. The van der Waals surface area contributed by atoms with Gasteiger partial charge in [-0.1, -0.05) is 6.08 Å². The number of nitrogens with zero attached hydrogens (tertiary/aromatic N) is 3. The van der Waals surface area contributed by atoms with Gasteiger partial charge in [0.05, 0.1) is 0 Å². The molecule has 0 atom stereocenters. The number of piperidine rings is 1. The largest absolute Gasteiger partial charge is 0.511 e. The molecule has 0 aromatic rings. The van der Waals surface area contributed by atoms with Gasteiger partial charge in [0.25, 0.3) is 0 Å². The van der Waals surface area contributed by atoms with E-state index < -0.39 is 15.5 Å². The second-order valence-corrected chi connectivity index (χ2v) is 8.00. The average Bonchev–Trinajstić information content (AvgIpc) is 2.55. The molecule has 0 amide bonds. The molecular weight excluding hydrogens is 484 g/mol. The van der Waals surface area contributed by atoms with Crippen LogP contribution in [0.15, 0.2) is 17.6 Å². The van der Waals surface area contributed by atoms with Crippen molar-refractivity contribution < 1.29 is 21.6 Å². The highest BCUT2D eigenvalue weighted by molar-refractivity contribution is 14.0. The summed E-state index contributed by atoms with van der Waals surface area (Å²) >= 11 is 0. The second-order valence-electron chi connectivity index (χ2n) is 6.07. The summed E-state index contributed by atoms with van der Waals surface area (Å²) in [5.74, 6) is 0.826. The van der Waals surface area contributed by atoms with Gasteiger partial charge in [-0.15, -0.1) is 30.6 Å². The summed E-state index contributed by atoms with van der Waals surface area (Å²) in [6.45, 7) is 4.83. The van der Waals surface area contributed by atoms with E-state index in [9.17, 15) is 21.6 Å². The van der Waals surface area contributed by atoms with Gasteiger partial charge in [-0.2, -0.15) is 17.5 Å². The van der Waals surface area contributed by atoms with Crippen molar-refractivity contribution in [3.05, 3.63) is 12.7 Å². The Labute approximate surface area is 171 Å². The van der Waals surface area contributed by atoms with E-state index in [0.29, 0.717) is 23.7 Å². The Bertz CT molecular complexity index is 562. The van der Waals surface area contributed by atoms with Crippen LogP contribution in [0.25, 0.3) is 0 Å². The van der Waals surface area contributed by atoms with Crippen molar-refractivity contribution in [2.45, 2.75) is 31.2 Å². The zero-order valence-corrected chi connectivity index (χ0v) is 18.3. The molecule has 11 heteroatoms. The SMILES string of the molecule is C=CCCCN(C)C(=NC)NCC1CCN(S(=O)(=O)C(F)(F)F)CC1.I. The molecule has 0 aliphatic carbocycles. The van der Waals surface area contributed by atoms with Crippen molar-refractivity contribution in [3.8, 4) is 0 Å². The molecule has 0 radical (unpaired) electrons. The molecule has 6 nitrogen and oxygen atoms in total. The molecule has 1 N–H and O–H groups in total. The third-order valence-electron chi connectivity index (χ3n) is 4.23. The van der Waals surface area contributed by atoms with Gasteiger partial charge in [0.2, 0.25) is 0 Å². The van der Waals surface area contributed by atoms with Gasteiger partial charge in [-0.05, 0) is 31.6 Å². The number of unbranched alkanes of at least 4 members (excludes halogenated alkanes) is 1. The van der Waals surface area contributed by atoms with Crippen molar-refractivity contribution in [1.29, 1.82) is 0 Å². The van der Waals surface area contributed by atoms with Gasteiger partial charge in [-0.25, -0.2) is 8.42 Å². The summed E-state index contributed by atoms with van der Waals surface area (Å²) in [5.41, 5.74) is -5.23. The Morgan fingerprint density at radius 1 is 1.38 bits per heavy atom. The third-order valence-corrected chi connectivity index (χ3v) is 5.86. The van der Waals surface area contributed by atoms with Crippen LogP contribution in [0.5, 0.6) is 0 Å². The fraction of sp³-hybridized carbons (Fsp3) is 0.800. The Balaban J connectivity index is 0.00000625. The normalized spacial score (nSPS) is 17.5. The first-order valence-corrected chi connectivity index (χ1v) is 9.66. The van der Waals surface area contributed by atoms with Crippen molar-refractivity contribution in [3.63, 3.8) is 0 Å². The summed E-state index contributed by atoms with van der Waals surface area (Å²) < 4.78 is 61.0.